The summed E-state index contributed by atoms with van der Waals surface area (Å²) in [5, 5.41) is 8.59. The van der Waals surface area contributed by atoms with Crippen molar-refractivity contribution in [3.05, 3.63) is 30.5 Å². The molecule has 1 N–H and O–H groups in total. The first-order valence-electron chi connectivity index (χ1n) is 3.29. The van der Waals surface area contributed by atoms with E-state index in [-0.39, 0.29) is 5.69 Å². The molecule has 0 saturated heterocycles. The van der Waals surface area contributed by atoms with Crippen LogP contribution in [0.4, 0.5) is 0 Å². The predicted molar refractivity (Wildman–Crippen MR) is 39.9 cm³/mol. The summed E-state index contributed by atoms with van der Waals surface area (Å²) in [7, 11) is 0. The molecule has 0 aromatic carbocycles. The number of hydrogen-bond donors (Lipinski definition) is 1. The summed E-state index contributed by atoms with van der Waals surface area (Å²) in [5.74, 6) is -1.03. The molecule has 2 rings (SSSR count). The Balaban J connectivity index is 2.68. The lowest BCUT2D eigenvalue weighted by Gasteiger charge is -1.93. The fourth-order valence-electron chi connectivity index (χ4n) is 0.930. The van der Waals surface area contributed by atoms with Crippen LogP contribution in [0.3, 0.4) is 0 Å². The van der Waals surface area contributed by atoms with Crippen molar-refractivity contribution in [2.24, 2.45) is 0 Å². The normalized spacial score (nSPS) is 10.3. The second-order valence-electron chi connectivity index (χ2n) is 2.28. The van der Waals surface area contributed by atoms with E-state index >= 15 is 0 Å². The highest BCUT2D eigenvalue weighted by atomic mass is 16.4. The van der Waals surface area contributed by atoms with Crippen molar-refractivity contribution in [3.63, 3.8) is 0 Å². The fourth-order valence-corrected chi connectivity index (χ4v) is 0.930. The Morgan fingerprint density at radius 3 is 3.17 bits per heavy atom. The highest BCUT2D eigenvalue weighted by Gasteiger charge is 2.04. The van der Waals surface area contributed by atoms with Gasteiger partial charge in [-0.1, -0.05) is 0 Å². The van der Waals surface area contributed by atoms with Crippen LogP contribution in [0.5, 0.6) is 0 Å². The summed E-state index contributed by atoms with van der Waals surface area (Å²) in [6, 6.07) is 1.43. The van der Waals surface area contributed by atoms with Gasteiger partial charge in [-0.25, -0.2) is 14.8 Å². The van der Waals surface area contributed by atoms with Gasteiger partial charge >= 0.3 is 5.97 Å². The van der Waals surface area contributed by atoms with Gasteiger partial charge in [-0.3, -0.25) is 4.40 Å². The number of imidazole rings is 1. The van der Waals surface area contributed by atoms with Crippen molar-refractivity contribution in [3.8, 4) is 0 Å². The van der Waals surface area contributed by atoms with E-state index < -0.39 is 5.97 Å². The van der Waals surface area contributed by atoms with Gasteiger partial charge in [0.25, 0.3) is 0 Å². The Morgan fingerprint density at radius 1 is 1.58 bits per heavy atom. The van der Waals surface area contributed by atoms with E-state index in [1.54, 1.807) is 16.9 Å². The Bertz CT molecular complexity index is 435. The Kier molecular flexibility index (Phi) is 1.30. The molecule has 0 aliphatic rings. The standard InChI is InChI=1S/C7H5N3O2/c11-7(12)5-1-2-10-4-8-3-6(10)9-5/h1-4H,(H,11,12). The Labute approximate surface area is 67.3 Å². The van der Waals surface area contributed by atoms with Crippen molar-refractivity contribution in [1.82, 2.24) is 14.4 Å². The predicted octanol–water partition coefficient (Wildman–Crippen LogP) is 0.427. The molecule has 2 heterocycles. The van der Waals surface area contributed by atoms with Crippen molar-refractivity contribution in [1.29, 1.82) is 0 Å². The van der Waals surface area contributed by atoms with Crippen LogP contribution in [-0.4, -0.2) is 25.4 Å². The fraction of sp³-hybridized carbons (Fsp3) is 0. The molecule has 0 fully saturated rings. The number of rotatable bonds is 1. The van der Waals surface area contributed by atoms with Crippen LogP contribution in [0.25, 0.3) is 5.65 Å². The van der Waals surface area contributed by atoms with Crippen LogP contribution in [0.1, 0.15) is 10.5 Å². The van der Waals surface area contributed by atoms with Crippen molar-refractivity contribution in [2.75, 3.05) is 0 Å². The first-order chi connectivity index (χ1) is 5.77. The summed E-state index contributed by atoms with van der Waals surface area (Å²) < 4.78 is 1.65. The molecular weight excluding hydrogens is 158 g/mol. The molecule has 0 aliphatic carbocycles. The maximum Gasteiger partial charge on any atom is 0.354 e. The SMILES string of the molecule is O=C(O)c1ccn2cncc2n1. The number of aromatic nitrogens is 3. The first kappa shape index (κ1) is 6.78. The van der Waals surface area contributed by atoms with Gasteiger partial charge in [0.05, 0.1) is 6.20 Å². The molecule has 0 unspecified atom stereocenters. The zero-order chi connectivity index (χ0) is 8.55. The molecule has 12 heavy (non-hydrogen) atoms. The summed E-state index contributed by atoms with van der Waals surface area (Å²) >= 11 is 0. The second kappa shape index (κ2) is 2.30. The summed E-state index contributed by atoms with van der Waals surface area (Å²) in [6.45, 7) is 0. The molecule has 0 aliphatic heterocycles. The first-order valence-corrected chi connectivity index (χ1v) is 3.29. The summed E-state index contributed by atoms with van der Waals surface area (Å²) in [5.41, 5.74) is 0.568. The zero-order valence-electron chi connectivity index (χ0n) is 6.01. The van der Waals surface area contributed by atoms with E-state index in [9.17, 15) is 4.79 Å². The number of carboxylic acid groups (broad SMARTS) is 1. The van der Waals surface area contributed by atoms with Crippen LogP contribution in [-0.2, 0) is 0 Å². The lowest BCUT2D eigenvalue weighted by Crippen LogP contribution is -2.01. The third kappa shape index (κ3) is 0.914. The minimum Gasteiger partial charge on any atom is -0.477 e. The molecule has 60 valence electrons. The topological polar surface area (TPSA) is 67.5 Å². The average Bonchev–Trinajstić information content (AvgIpc) is 2.49. The van der Waals surface area contributed by atoms with Gasteiger partial charge in [-0.05, 0) is 6.07 Å². The number of aromatic carboxylic acids is 1. The van der Waals surface area contributed by atoms with Gasteiger partial charge in [0.1, 0.15) is 6.33 Å². The van der Waals surface area contributed by atoms with E-state index in [4.69, 9.17) is 5.11 Å². The van der Waals surface area contributed by atoms with Gasteiger partial charge in [0, 0.05) is 6.20 Å². The van der Waals surface area contributed by atoms with Crippen molar-refractivity contribution in [2.45, 2.75) is 0 Å². The highest BCUT2D eigenvalue weighted by Crippen LogP contribution is 2.00. The summed E-state index contributed by atoms with van der Waals surface area (Å²) in [6.07, 6.45) is 4.68. The van der Waals surface area contributed by atoms with Crippen molar-refractivity contribution < 1.29 is 9.90 Å². The molecule has 2 aromatic rings. The molecule has 0 atom stereocenters. The minimum absolute atomic E-state index is 0.0306. The number of hydrogen-bond acceptors (Lipinski definition) is 3. The van der Waals surface area contributed by atoms with Crippen LogP contribution in [0, 0.1) is 0 Å². The van der Waals surface area contributed by atoms with E-state index in [1.165, 1.54) is 12.3 Å². The quantitative estimate of drug-likeness (QED) is 0.661. The van der Waals surface area contributed by atoms with E-state index in [1.807, 2.05) is 0 Å². The van der Waals surface area contributed by atoms with Gasteiger partial charge in [0.2, 0.25) is 0 Å². The maximum absolute atomic E-state index is 10.5. The zero-order valence-corrected chi connectivity index (χ0v) is 6.01. The van der Waals surface area contributed by atoms with Gasteiger partial charge in [-0.2, -0.15) is 0 Å². The summed E-state index contributed by atoms with van der Waals surface area (Å²) in [4.78, 5) is 18.1. The molecular formula is C7H5N3O2. The van der Waals surface area contributed by atoms with Crippen LogP contribution >= 0.6 is 0 Å². The van der Waals surface area contributed by atoms with Crippen molar-refractivity contribution >= 4 is 11.6 Å². The minimum atomic E-state index is -1.03. The smallest absolute Gasteiger partial charge is 0.354 e. The second-order valence-corrected chi connectivity index (χ2v) is 2.28. The van der Waals surface area contributed by atoms with Gasteiger partial charge in [-0.15, -0.1) is 0 Å². The number of nitrogens with zero attached hydrogens (tertiary/aromatic N) is 3. The molecule has 2 aromatic heterocycles. The molecule has 5 nitrogen and oxygen atoms in total. The number of carbonyl (C=O) groups is 1. The molecule has 0 saturated carbocycles. The third-order valence-electron chi connectivity index (χ3n) is 1.49. The molecule has 5 heteroatoms. The van der Waals surface area contributed by atoms with Crippen LogP contribution < -0.4 is 0 Å². The third-order valence-corrected chi connectivity index (χ3v) is 1.49. The van der Waals surface area contributed by atoms with E-state index in [2.05, 4.69) is 9.97 Å². The molecule has 0 radical (unpaired) electrons. The lowest BCUT2D eigenvalue weighted by molar-refractivity contribution is 0.0690. The largest absolute Gasteiger partial charge is 0.477 e. The maximum atomic E-state index is 10.5. The van der Waals surface area contributed by atoms with Crippen LogP contribution in [0.15, 0.2) is 24.8 Å². The Morgan fingerprint density at radius 2 is 2.42 bits per heavy atom. The van der Waals surface area contributed by atoms with Gasteiger partial charge < -0.3 is 5.11 Å². The van der Waals surface area contributed by atoms with Crippen LogP contribution in [0.2, 0.25) is 0 Å². The molecule has 0 bridgehead atoms. The molecule has 0 spiro atoms. The number of carboxylic acids is 1. The van der Waals surface area contributed by atoms with E-state index in [0.29, 0.717) is 5.65 Å². The monoisotopic (exact) mass is 163 g/mol. The average molecular weight is 163 g/mol. The lowest BCUT2D eigenvalue weighted by atomic mass is 10.4. The number of fused-ring (bicyclic) bond motifs is 1. The molecule has 0 amide bonds. The highest BCUT2D eigenvalue weighted by molar-refractivity contribution is 5.85. The Hall–Kier alpha value is -1.91. The van der Waals surface area contributed by atoms with Gasteiger partial charge in [0.15, 0.2) is 11.3 Å². The van der Waals surface area contributed by atoms with E-state index in [0.717, 1.165) is 0 Å².